The lowest BCUT2D eigenvalue weighted by Crippen LogP contribution is -2.34. The highest BCUT2D eigenvalue weighted by molar-refractivity contribution is 5.94. The Morgan fingerprint density at radius 3 is 3.00 bits per heavy atom. The Hall–Kier alpha value is -3.03. The molecule has 1 aromatic carbocycles. The predicted octanol–water partition coefficient (Wildman–Crippen LogP) is 1.18. The summed E-state index contributed by atoms with van der Waals surface area (Å²) < 4.78 is 12.0. The first-order valence-electron chi connectivity index (χ1n) is 7.47. The minimum absolute atomic E-state index is 0.232. The molecule has 3 rings (SSSR count). The second-order valence-electron chi connectivity index (χ2n) is 5.37. The lowest BCUT2D eigenvalue weighted by Gasteiger charge is -2.12. The van der Waals surface area contributed by atoms with Crippen molar-refractivity contribution in [2.24, 2.45) is 7.05 Å². The van der Waals surface area contributed by atoms with Gasteiger partial charge < -0.3 is 14.8 Å². The third-order valence-corrected chi connectivity index (χ3v) is 3.77. The SMILES string of the molecule is COc1cccc(C(=O)NCC2CN(c3ccnn3C)C(=O)O2)c1. The summed E-state index contributed by atoms with van der Waals surface area (Å²) in [5, 5.41) is 6.81. The molecule has 2 amide bonds. The Bertz CT molecular complexity index is 758. The van der Waals surface area contributed by atoms with Gasteiger partial charge >= 0.3 is 6.09 Å². The standard InChI is InChI=1S/C16H18N4O4/c1-19-14(6-7-18-19)20-10-13(24-16(20)22)9-17-15(21)11-4-3-5-12(8-11)23-2/h3-8,13H,9-10H2,1-2H3,(H,17,21). The van der Waals surface area contributed by atoms with Crippen molar-refractivity contribution >= 4 is 17.8 Å². The van der Waals surface area contributed by atoms with Crippen LogP contribution in [-0.4, -0.2) is 48.1 Å². The number of nitrogens with one attached hydrogen (secondary N) is 1. The van der Waals surface area contributed by atoms with Crippen molar-refractivity contribution in [3.05, 3.63) is 42.1 Å². The zero-order valence-corrected chi connectivity index (χ0v) is 13.4. The molecule has 1 aliphatic heterocycles. The fourth-order valence-electron chi connectivity index (χ4n) is 2.52. The summed E-state index contributed by atoms with van der Waals surface area (Å²) >= 11 is 0. The van der Waals surface area contributed by atoms with Crippen molar-refractivity contribution in [3.63, 3.8) is 0 Å². The van der Waals surface area contributed by atoms with Gasteiger partial charge in [-0.05, 0) is 18.2 Å². The van der Waals surface area contributed by atoms with Crippen LogP contribution in [0.1, 0.15) is 10.4 Å². The Labute approximate surface area is 139 Å². The highest BCUT2D eigenvalue weighted by Crippen LogP contribution is 2.20. The molecule has 2 heterocycles. The van der Waals surface area contributed by atoms with Gasteiger partial charge in [0.2, 0.25) is 0 Å². The van der Waals surface area contributed by atoms with Crippen LogP contribution in [0.3, 0.4) is 0 Å². The number of anilines is 1. The highest BCUT2D eigenvalue weighted by atomic mass is 16.6. The van der Waals surface area contributed by atoms with Crippen LogP contribution >= 0.6 is 0 Å². The molecule has 1 atom stereocenters. The number of hydrogen-bond donors (Lipinski definition) is 1. The zero-order chi connectivity index (χ0) is 17.1. The van der Waals surface area contributed by atoms with E-state index in [2.05, 4.69) is 10.4 Å². The van der Waals surface area contributed by atoms with E-state index in [0.29, 0.717) is 23.7 Å². The summed E-state index contributed by atoms with van der Waals surface area (Å²) in [6.45, 7) is 0.590. The number of nitrogens with zero attached hydrogens (tertiary/aromatic N) is 3. The number of aromatic nitrogens is 2. The first kappa shape index (κ1) is 15.9. The topological polar surface area (TPSA) is 85.7 Å². The van der Waals surface area contributed by atoms with E-state index >= 15 is 0 Å². The molecule has 1 unspecified atom stereocenters. The molecule has 0 radical (unpaired) electrons. The molecule has 0 aliphatic carbocycles. The van der Waals surface area contributed by atoms with Crippen molar-refractivity contribution in [1.82, 2.24) is 15.1 Å². The number of carbonyl (C=O) groups is 2. The number of cyclic esters (lactones) is 1. The van der Waals surface area contributed by atoms with E-state index in [1.54, 1.807) is 55.4 Å². The molecule has 0 saturated carbocycles. The van der Waals surface area contributed by atoms with Crippen LogP contribution in [0.25, 0.3) is 0 Å². The second-order valence-corrected chi connectivity index (χ2v) is 5.37. The number of aryl methyl sites for hydroxylation is 1. The minimum atomic E-state index is -0.445. The van der Waals surface area contributed by atoms with E-state index in [1.165, 1.54) is 4.90 Å². The number of carbonyl (C=O) groups excluding carboxylic acids is 2. The molecule has 1 saturated heterocycles. The minimum Gasteiger partial charge on any atom is -0.497 e. The van der Waals surface area contributed by atoms with Crippen LogP contribution in [-0.2, 0) is 11.8 Å². The largest absolute Gasteiger partial charge is 0.497 e. The molecule has 126 valence electrons. The Balaban J connectivity index is 1.58. The number of ether oxygens (including phenoxy) is 2. The summed E-state index contributed by atoms with van der Waals surface area (Å²) in [6.07, 6.45) is 0.752. The predicted molar refractivity (Wildman–Crippen MR) is 86.2 cm³/mol. The van der Waals surface area contributed by atoms with Gasteiger partial charge in [0.15, 0.2) is 0 Å². The monoisotopic (exact) mass is 330 g/mol. The van der Waals surface area contributed by atoms with Gasteiger partial charge in [-0.3, -0.25) is 14.4 Å². The van der Waals surface area contributed by atoms with Crippen LogP contribution in [0, 0.1) is 0 Å². The zero-order valence-electron chi connectivity index (χ0n) is 13.4. The second kappa shape index (κ2) is 6.61. The molecule has 1 aromatic heterocycles. The van der Waals surface area contributed by atoms with E-state index in [0.717, 1.165) is 0 Å². The molecule has 24 heavy (non-hydrogen) atoms. The fraction of sp³-hybridized carbons (Fsp3) is 0.312. The summed E-state index contributed by atoms with van der Waals surface area (Å²) in [4.78, 5) is 25.6. The lowest BCUT2D eigenvalue weighted by atomic mass is 10.2. The average molecular weight is 330 g/mol. The maximum Gasteiger partial charge on any atom is 0.416 e. The van der Waals surface area contributed by atoms with Crippen molar-refractivity contribution in [3.8, 4) is 5.75 Å². The number of hydrogen-bond acceptors (Lipinski definition) is 5. The number of rotatable bonds is 5. The van der Waals surface area contributed by atoms with Crippen LogP contribution in [0.5, 0.6) is 5.75 Å². The average Bonchev–Trinajstić information content (AvgIpc) is 3.17. The maximum absolute atomic E-state index is 12.2. The Kier molecular flexibility index (Phi) is 4.37. The number of benzene rings is 1. The molecular formula is C16H18N4O4. The van der Waals surface area contributed by atoms with Crippen LogP contribution in [0.15, 0.2) is 36.5 Å². The molecule has 8 nitrogen and oxygen atoms in total. The van der Waals surface area contributed by atoms with Gasteiger partial charge in [0, 0.05) is 18.7 Å². The molecule has 1 N–H and O–H groups in total. The van der Waals surface area contributed by atoms with Crippen molar-refractivity contribution in [2.75, 3.05) is 25.1 Å². The van der Waals surface area contributed by atoms with Crippen molar-refractivity contribution in [2.45, 2.75) is 6.10 Å². The molecular weight excluding hydrogens is 312 g/mol. The van der Waals surface area contributed by atoms with Gasteiger partial charge in [-0.15, -0.1) is 0 Å². The normalized spacial score (nSPS) is 16.8. The van der Waals surface area contributed by atoms with Gasteiger partial charge in [0.05, 0.1) is 26.4 Å². The Morgan fingerprint density at radius 1 is 1.46 bits per heavy atom. The Morgan fingerprint density at radius 2 is 2.29 bits per heavy atom. The fourth-order valence-corrected chi connectivity index (χ4v) is 2.52. The highest BCUT2D eigenvalue weighted by Gasteiger charge is 2.33. The third-order valence-electron chi connectivity index (χ3n) is 3.77. The quantitative estimate of drug-likeness (QED) is 0.890. The molecule has 2 aromatic rings. The first-order chi connectivity index (χ1) is 11.6. The van der Waals surface area contributed by atoms with Gasteiger partial charge in [0.25, 0.3) is 5.91 Å². The first-order valence-corrected chi connectivity index (χ1v) is 7.47. The van der Waals surface area contributed by atoms with E-state index in [9.17, 15) is 9.59 Å². The maximum atomic E-state index is 12.2. The van der Waals surface area contributed by atoms with Crippen LogP contribution < -0.4 is 15.0 Å². The van der Waals surface area contributed by atoms with Gasteiger partial charge in [-0.1, -0.05) is 6.07 Å². The van der Waals surface area contributed by atoms with E-state index < -0.39 is 12.2 Å². The van der Waals surface area contributed by atoms with Crippen molar-refractivity contribution < 1.29 is 19.1 Å². The molecule has 1 fully saturated rings. The van der Waals surface area contributed by atoms with Crippen LogP contribution in [0.4, 0.5) is 10.6 Å². The van der Waals surface area contributed by atoms with Crippen LogP contribution in [0.2, 0.25) is 0 Å². The van der Waals surface area contributed by atoms with Gasteiger partial charge in [-0.2, -0.15) is 5.10 Å². The summed E-state index contributed by atoms with van der Waals surface area (Å²) in [7, 11) is 3.29. The third kappa shape index (κ3) is 3.17. The van der Waals surface area contributed by atoms with E-state index in [4.69, 9.17) is 9.47 Å². The molecule has 0 spiro atoms. The summed E-state index contributed by atoms with van der Waals surface area (Å²) in [6, 6.07) is 8.59. The number of methoxy groups -OCH3 is 1. The van der Waals surface area contributed by atoms with E-state index in [-0.39, 0.29) is 12.5 Å². The smallest absolute Gasteiger partial charge is 0.416 e. The molecule has 1 aliphatic rings. The van der Waals surface area contributed by atoms with E-state index in [1.807, 2.05) is 0 Å². The molecule has 8 heteroatoms. The van der Waals surface area contributed by atoms with Crippen molar-refractivity contribution in [1.29, 1.82) is 0 Å². The summed E-state index contributed by atoms with van der Waals surface area (Å²) in [5.74, 6) is 1.02. The summed E-state index contributed by atoms with van der Waals surface area (Å²) in [5.41, 5.74) is 0.488. The number of amides is 2. The van der Waals surface area contributed by atoms with Gasteiger partial charge in [-0.25, -0.2) is 4.79 Å². The molecule has 0 bridgehead atoms. The van der Waals surface area contributed by atoms with Gasteiger partial charge in [0.1, 0.15) is 17.7 Å². The lowest BCUT2D eigenvalue weighted by molar-refractivity contribution is 0.0916.